The van der Waals surface area contributed by atoms with Gasteiger partial charge in [0.2, 0.25) is 5.91 Å². The molecule has 2 amide bonds. The first kappa shape index (κ1) is 16.1. The molecule has 0 aliphatic carbocycles. The van der Waals surface area contributed by atoms with Gasteiger partial charge in [-0.05, 0) is 49.7 Å². The van der Waals surface area contributed by atoms with Gasteiger partial charge in [0.25, 0.3) is 5.91 Å². The third kappa shape index (κ3) is 4.17. The van der Waals surface area contributed by atoms with Crippen LogP contribution in [0.25, 0.3) is 0 Å². The molecule has 0 spiro atoms. The summed E-state index contributed by atoms with van der Waals surface area (Å²) < 4.78 is 0. The number of hydrogen-bond acceptors (Lipinski definition) is 4. The van der Waals surface area contributed by atoms with Gasteiger partial charge >= 0.3 is 0 Å². The zero-order valence-electron chi connectivity index (χ0n) is 13.3. The van der Waals surface area contributed by atoms with E-state index in [9.17, 15) is 9.59 Å². The molecule has 24 heavy (non-hydrogen) atoms. The fourth-order valence-electron chi connectivity index (χ4n) is 2.65. The van der Waals surface area contributed by atoms with Crippen LogP contribution in [0.1, 0.15) is 28.9 Å². The first-order valence-electron chi connectivity index (χ1n) is 8.05. The van der Waals surface area contributed by atoms with Gasteiger partial charge in [0, 0.05) is 17.4 Å². The summed E-state index contributed by atoms with van der Waals surface area (Å²) in [7, 11) is 0. The fourth-order valence-corrected chi connectivity index (χ4v) is 2.65. The Balaban J connectivity index is 1.59. The van der Waals surface area contributed by atoms with E-state index in [2.05, 4.69) is 20.9 Å². The highest BCUT2D eigenvalue weighted by Crippen LogP contribution is 2.13. The van der Waals surface area contributed by atoms with Crippen LogP contribution >= 0.6 is 0 Å². The number of nitrogens with one attached hydrogen (secondary N) is 3. The maximum absolute atomic E-state index is 12.2. The molecule has 1 fully saturated rings. The molecule has 1 saturated heterocycles. The van der Waals surface area contributed by atoms with Crippen LogP contribution in [-0.4, -0.2) is 29.4 Å². The van der Waals surface area contributed by atoms with E-state index in [1.54, 1.807) is 30.5 Å². The molecule has 3 rings (SSSR count). The Hall–Kier alpha value is -2.73. The van der Waals surface area contributed by atoms with Crippen LogP contribution in [0, 0.1) is 0 Å². The average Bonchev–Trinajstić information content (AvgIpc) is 3.15. The van der Waals surface area contributed by atoms with E-state index in [1.807, 2.05) is 18.2 Å². The number of amides is 2. The van der Waals surface area contributed by atoms with Crippen molar-refractivity contribution < 1.29 is 9.59 Å². The number of nitrogens with zero attached hydrogens (tertiary/aromatic N) is 1. The van der Waals surface area contributed by atoms with Crippen molar-refractivity contribution in [3.05, 3.63) is 59.9 Å². The molecule has 2 aromatic rings. The smallest absolute Gasteiger partial charge is 0.251 e. The summed E-state index contributed by atoms with van der Waals surface area (Å²) in [6, 6.07) is 12.4. The highest BCUT2D eigenvalue weighted by molar-refractivity contribution is 5.98. The fraction of sp³-hybridized carbons (Fsp3) is 0.278. The molecule has 2 heterocycles. The van der Waals surface area contributed by atoms with E-state index >= 15 is 0 Å². The molecular weight excluding hydrogens is 304 g/mol. The Kier molecular flexibility index (Phi) is 5.18. The van der Waals surface area contributed by atoms with Crippen LogP contribution in [0.15, 0.2) is 48.7 Å². The third-order valence-corrected chi connectivity index (χ3v) is 3.93. The summed E-state index contributed by atoms with van der Waals surface area (Å²) in [5.41, 5.74) is 1.92. The SMILES string of the molecule is O=C(NCc1ccccn1)c1cccc(NC(=O)C2CCCN2)c1. The molecule has 1 unspecified atom stereocenters. The Labute approximate surface area is 140 Å². The minimum atomic E-state index is -0.198. The van der Waals surface area contributed by atoms with Crippen LogP contribution < -0.4 is 16.0 Å². The summed E-state index contributed by atoms with van der Waals surface area (Å²) in [6.07, 6.45) is 3.54. The largest absolute Gasteiger partial charge is 0.346 e. The number of aromatic nitrogens is 1. The number of pyridine rings is 1. The van der Waals surface area contributed by atoms with E-state index in [0.29, 0.717) is 17.8 Å². The second kappa shape index (κ2) is 7.70. The lowest BCUT2D eigenvalue weighted by atomic mass is 10.1. The second-order valence-electron chi connectivity index (χ2n) is 5.72. The third-order valence-electron chi connectivity index (χ3n) is 3.93. The molecule has 1 aliphatic rings. The number of carbonyl (C=O) groups excluding carboxylic acids is 2. The van der Waals surface area contributed by atoms with Crippen LogP contribution in [0.3, 0.4) is 0 Å². The molecule has 124 valence electrons. The summed E-state index contributed by atoms with van der Waals surface area (Å²) in [6.45, 7) is 1.23. The molecule has 1 aromatic heterocycles. The van der Waals surface area contributed by atoms with Crippen molar-refractivity contribution in [3.8, 4) is 0 Å². The Morgan fingerprint density at radius 3 is 2.88 bits per heavy atom. The molecule has 0 bridgehead atoms. The van der Waals surface area contributed by atoms with Gasteiger partial charge in [0.05, 0.1) is 18.3 Å². The van der Waals surface area contributed by atoms with Gasteiger partial charge < -0.3 is 16.0 Å². The van der Waals surface area contributed by atoms with E-state index < -0.39 is 0 Å². The van der Waals surface area contributed by atoms with Crippen LogP contribution in [0.4, 0.5) is 5.69 Å². The maximum Gasteiger partial charge on any atom is 0.251 e. The molecule has 1 aliphatic heterocycles. The zero-order chi connectivity index (χ0) is 16.8. The molecule has 1 atom stereocenters. The molecule has 6 nitrogen and oxygen atoms in total. The number of rotatable bonds is 5. The van der Waals surface area contributed by atoms with Crippen LogP contribution in [-0.2, 0) is 11.3 Å². The van der Waals surface area contributed by atoms with Gasteiger partial charge in [0.1, 0.15) is 0 Å². The zero-order valence-corrected chi connectivity index (χ0v) is 13.3. The number of carbonyl (C=O) groups is 2. The van der Waals surface area contributed by atoms with Gasteiger partial charge in [-0.15, -0.1) is 0 Å². The highest BCUT2D eigenvalue weighted by Gasteiger charge is 2.22. The predicted octanol–water partition coefficient (Wildman–Crippen LogP) is 1.70. The lowest BCUT2D eigenvalue weighted by Gasteiger charge is -2.12. The summed E-state index contributed by atoms with van der Waals surface area (Å²) in [5.74, 6) is -0.255. The van der Waals surface area contributed by atoms with Crippen LogP contribution in [0.2, 0.25) is 0 Å². The van der Waals surface area contributed by atoms with Gasteiger partial charge in [0.15, 0.2) is 0 Å². The van der Waals surface area contributed by atoms with Crippen molar-refractivity contribution in [2.24, 2.45) is 0 Å². The number of anilines is 1. The minimum absolute atomic E-state index is 0.0569. The second-order valence-corrected chi connectivity index (χ2v) is 5.72. The van der Waals surface area contributed by atoms with E-state index in [1.165, 1.54) is 0 Å². The normalized spacial score (nSPS) is 16.6. The number of benzene rings is 1. The van der Waals surface area contributed by atoms with Crippen molar-refractivity contribution in [1.82, 2.24) is 15.6 Å². The molecule has 6 heteroatoms. The lowest BCUT2D eigenvalue weighted by molar-refractivity contribution is -0.117. The van der Waals surface area contributed by atoms with E-state index in [4.69, 9.17) is 0 Å². The molecule has 0 radical (unpaired) electrons. The minimum Gasteiger partial charge on any atom is -0.346 e. The maximum atomic E-state index is 12.2. The Bertz CT molecular complexity index is 712. The van der Waals surface area contributed by atoms with Crippen molar-refractivity contribution in [3.63, 3.8) is 0 Å². The van der Waals surface area contributed by atoms with E-state index in [0.717, 1.165) is 25.1 Å². The van der Waals surface area contributed by atoms with E-state index in [-0.39, 0.29) is 17.9 Å². The van der Waals surface area contributed by atoms with Crippen molar-refractivity contribution in [2.45, 2.75) is 25.4 Å². The van der Waals surface area contributed by atoms with Crippen molar-refractivity contribution in [2.75, 3.05) is 11.9 Å². The molecule has 0 saturated carbocycles. The number of hydrogen-bond donors (Lipinski definition) is 3. The Morgan fingerprint density at radius 1 is 1.21 bits per heavy atom. The van der Waals surface area contributed by atoms with Gasteiger partial charge in [-0.25, -0.2) is 0 Å². The summed E-state index contributed by atoms with van der Waals surface area (Å²) in [4.78, 5) is 28.5. The average molecular weight is 324 g/mol. The topological polar surface area (TPSA) is 83.1 Å². The summed E-state index contributed by atoms with van der Waals surface area (Å²) >= 11 is 0. The first-order chi connectivity index (χ1) is 11.7. The molecular formula is C18H20N4O2. The first-order valence-corrected chi connectivity index (χ1v) is 8.05. The van der Waals surface area contributed by atoms with Crippen molar-refractivity contribution >= 4 is 17.5 Å². The van der Waals surface area contributed by atoms with Crippen LogP contribution in [0.5, 0.6) is 0 Å². The van der Waals surface area contributed by atoms with Gasteiger partial charge in [-0.1, -0.05) is 12.1 Å². The predicted molar refractivity (Wildman–Crippen MR) is 91.5 cm³/mol. The summed E-state index contributed by atoms with van der Waals surface area (Å²) in [5, 5.41) is 8.84. The highest BCUT2D eigenvalue weighted by atomic mass is 16.2. The molecule has 3 N–H and O–H groups in total. The molecule has 1 aromatic carbocycles. The van der Waals surface area contributed by atoms with Gasteiger partial charge in [-0.3, -0.25) is 14.6 Å². The monoisotopic (exact) mass is 324 g/mol. The quantitative estimate of drug-likeness (QED) is 0.782. The van der Waals surface area contributed by atoms with Gasteiger partial charge in [-0.2, -0.15) is 0 Å². The Morgan fingerprint density at radius 2 is 2.12 bits per heavy atom. The van der Waals surface area contributed by atoms with Crippen molar-refractivity contribution in [1.29, 1.82) is 0 Å². The standard InChI is InChI=1S/C18H20N4O2/c23-17(21-12-15-6-1-2-9-19-15)13-5-3-7-14(11-13)22-18(24)16-8-4-10-20-16/h1-3,5-7,9,11,16,20H,4,8,10,12H2,(H,21,23)(H,22,24). The lowest BCUT2D eigenvalue weighted by Crippen LogP contribution is -2.35.